The highest BCUT2D eigenvalue weighted by molar-refractivity contribution is 5.77. The number of halogens is 1. The fourth-order valence-electron chi connectivity index (χ4n) is 2.17. The lowest BCUT2D eigenvalue weighted by Gasteiger charge is -2.20. The van der Waals surface area contributed by atoms with Crippen LogP contribution in [0.2, 0.25) is 0 Å². The SMILES string of the molecule is C[C@H]1NC(=O)Cn2cc(-c3ccc(F)cc3)nc21. The van der Waals surface area contributed by atoms with Crippen molar-refractivity contribution in [1.29, 1.82) is 0 Å². The minimum atomic E-state index is -0.270. The Hall–Kier alpha value is -2.17. The molecule has 2 heterocycles. The summed E-state index contributed by atoms with van der Waals surface area (Å²) in [5.41, 5.74) is 1.60. The molecule has 0 fully saturated rings. The second-order valence-electron chi connectivity index (χ2n) is 4.41. The standard InChI is InChI=1S/C13H12FN3O/c1-8-13-16-11(6-17(13)7-12(18)15-8)9-2-4-10(14)5-3-9/h2-6,8H,7H2,1H3,(H,15,18)/t8-/m1/s1. The molecular weight excluding hydrogens is 233 g/mol. The summed E-state index contributed by atoms with van der Waals surface area (Å²) in [6.07, 6.45) is 1.83. The van der Waals surface area contributed by atoms with E-state index in [0.29, 0.717) is 0 Å². The number of benzene rings is 1. The van der Waals surface area contributed by atoms with Gasteiger partial charge in [0.15, 0.2) is 0 Å². The molecule has 1 amide bonds. The van der Waals surface area contributed by atoms with E-state index in [0.717, 1.165) is 17.1 Å². The van der Waals surface area contributed by atoms with Gasteiger partial charge >= 0.3 is 0 Å². The molecule has 4 nitrogen and oxygen atoms in total. The van der Waals surface area contributed by atoms with Crippen molar-refractivity contribution in [2.24, 2.45) is 0 Å². The van der Waals surface area contributed by atoms with E-state index >= 15 is 0 Å². The van der Waals surface area contributed by atoms with E-state index in [1.165, 1.54) is 12.1 Å². The lowest BCUT2D eigenvalue weighted by atomic mass is 10.2. The van der Waals surface area contributed by atoms with Crippen LogP contribution in [0.15, 0.2) is 30.5 Å². The molecule has 3 rings (SSSR count). The molecule has 1 atom stereocenters. The summed E-state index contributed by atoms with van der Waals surface area (Å²) in [5.74, 6) is 0.542. The van der Waals surface area contributed by atoms with Gasteiger partial charge in [-0.1, -0.05) is 0 Å². The molecule has 5 heteroatoms. The minimum Gasteiger partial charge on any atom is -0.345 e. The molecule has 1 aromatic heterocycles. The number of nitrogens with one attached hydrogen (secondary N) is 1. The Morgan fingerprint density at radius 1 is 1.39 bits per heavy atom. The highest BCUT2D eigenvalue weighted by Crippen LogP contribution is 2.23. The summed E-state index contributed by atoms with van der Waals surface area (Å²) in [7, 11) is 0. The second-order valence-corrected chi connectivity index (χ2v) is 4.41. The van der Waals surface area contributed by atoms with Crippen molar-refractivity contribution >= 4 is 5.91 Å². The van der Waals surface area contributed by atoms with Crippen molar-refractivity contribution in [3.8, 4) is 11.3 Å². The zero-order valence-electron chi connectivity index (χ0n) is 9.85. The Balaban J connectivity index is 2.03. The topological polar surface area (TPSA) is 46.9 Å². The van der Waals surface area contributed by atoms with E-state index in [2.05, 4.69) is 10.3 Å². The molecule has 0 saturated heterocycles. The van der Waals surface area contributed by atoms with Crippen LogP contribution in [0.3, 0.4) is 0 Å². The van der Waals surface area contributed by atoms with Crippen LogP contribution < -0.4 is 5.32 Å². The van der Waals surface area contributed by atoms with Gasteiger partial charge in [-0.3, -0.25) is 4.79 Å². The molecule has 0 aliphatic carbocycles. The molecule has 1 aromatic carbocycles. The molecule has 1 N–H and O–H groups in total. The quantitative estimate of drug-likeness (QED) is 0.833. The first kappa shape index (κ1) is 11.0. The average molecular weight is 245 g/mol. The number of imidazole rings is 1. The zero-order chi connectivity index (χ0) is 12.7. The summed E-state index contributed by atoms with van der Waals surface area (Å²) in [6.45, 7) is 2.18. The molecular formula is C13H12FN3O. The van der Waals surface area contributed by atoms with Crippen LogP contribution >= 0.6 is 0 Å². The lowest BCUT2D eigenvalue weighted by molar-refractivity contribution is -0.123. The predicted octanol–water partition coefficient (Wildman–Crippen LogP) is 1.88. The number of carbonyl (C=O) groups is 1. The van der Waals surface area contributed by atoms with Gasteiger partial charge in [0.05, 0.1) is 11.7 Å². The molecule has 18 heavy (non-hydrogen) atoms. The summed E-state index contributed by atoms with van der Waals surface area (Å²) in [4.78, 5) is 15.9. The van der Waals surface area contributed by atoms with Crippen LogP contribution in [0.5, 0.6) is 0 Å². The maximum Gasteiger partial charge on any atom is 0.240 e. The lowest BCUT2D eigenvalue weighted by Crippen LogP contribution is -2.37. The van der Waals surface area contributed by atoms with Crippen molar-refractivity contribution in [1.82, 2.24) is 14.9 Å². The van der Waals surface area contributed by atoms with Crippen molar-refractivity contribution in [2.45, 2.75) is 19.5 Å². The maximum atomic E-state index is 12.9. The Kier molecular flexibility index (Phi) is 2.40. The van der Waals surface area contributed by atoms with E-state index in [1.54, 1.807) is 12.1 Å². The smallest absolute Gasteiger partial charge is 0.240 e. The van der Waals surface area contributed by atoms with Crippen molar-refractivity contribution in [2.75, 3.05) is 0 Å². The van der Waals surface area contributed by atoms with Crippen LogP contribution in [0.1, 0.15) is 18.8 Å². The molecule has 0 saturated carbocycles. The molecule has 1 aliphatic heterocycles. The van der Waals surface area contributed by atoms with Gasteiger partial charge in [-0.25, -0.2) is 9.37 Å². The van der Waals surface area contributed by atoms with E-state index in [4.69, 9.17) is 0 Å². The molecule has 1 aliphatic rings. The third-order valence-electron chi connectivity index (χ3n) is 3.03. The number of amides is 1. The van der Waals surface area contributed by atoms with Gasteiger partial charge < -0.3 is 9.88 Å². The third kappa shape index (κ3) is 1.77. The van der Waals surface area contributed by atoms with E-state index in [1.807, 2.05) is 17.7 Å². The van der Waals surface area contributed by atoms with Gasteiger partial charge in [0, 0.05) is 11.8 Å². The average Bonchev–Trinajstić information content (AvgIpc) is 2.74. The fraction of sp³-hybridized carbons (Fsp3) is 0.231. The van der Waals surface area contributed by atoms with Crippen LogP contribution in [0.25, 0.3) is 11.3 Å². The normalized spacial score (nSPS) is 18.3. The Bertz CT molecular complexity index is 603. The van der Waals surface area contributed by atoms with Gasteiger partial charge in [0.25, 0.3) is 0 Å². The van der Waals surface area contributed by atoms with Gasteiger partial charge in [-0.05, 0) is 31.2 Å². The van der Waals surface area contributed by atoms with Crippen molar-refractivity contribution in [3.63, 3.8) is 0 Å². The summed E-state index contributed by atoms with van der Waals surface area (Å²) in [5, 5.41) is 2.83. The largest absolute Gasteiger partial charge is 0.345 e. The van der Waals surface area contributed by atoms with Crippen molar-refractivity contribution in [3.05, 3.63) is 42.1 Å². The van der Waals surface area contributed by atoms with Gasteiger partial charge in [0.1, 0.15) is 18.2 Å². The monoisotopic (exact) mass is 245 g/mol. The predicted molar refractivity (Wildman–Crippen MR) is 64.2 cm³/mol. The Labute approximate surface area is 103 Å². The highest BCUT2D eigenvalue weighted by Gasteiger charge is 2.23. The fourth-order valence-corrected chi connectivity index (χ4v) is 2.17. The highest BCUT2D eigenvalue weighted by atomic mass is 19.1. The molecule has 0 bridgehead atoms. The first-order valence-corrected chi connectivity index (χ1v) is 5.76. The molecule has 92 valence electrons. The van der Waals surface area contributed by atoms with Crippen LogP contribution in [-0.2, 0) is 11.3 Å². The van der Waals surface area contributed by atoms with Gasteiger partial charge in [-0.15, -0.1) is 0 Å². The van der Waals surface area contributed by atoms with E-state index < -0.39 is 0 Å². The number of hydrogen-bond donors (Lipinski definition) is 1. The number of rotatable bonds is 1. The van der Waals surface area contributed by atoms with Gasteiger partial charge in [-0.2, -0.15) is 0 Å². The number of hydrogen-bond acceptors (Lipinski definition) is 2. The van der Waals surface area contributed by atoms with Crippen LogP contribution in [-0.4, -0.2) is 15.5 Å². The molecule has 0 spiro atoms. The van der Waals surface area contributed by atoms with Crippen molar-refractivity contribution < 1.29 is 9.18 Å². The summed E-state index contributed by atoms with van der Waals surface area (Å²) < 4.78 is 14.7. The Morgan fingerprint density at radius 3 is 2.83 bits per heavy atom. The zero-order valence-corrected chi connectivity index (χ0v) is 9.85. The number of aromatic nitrogens is 2. The van der Waals surface area contributed by atoms with E-state index in [-0.39, 0.29) is 24.3 Å². The van der Waals surface area contributed by atoms with E-state index in [9.17, 15) is 9.18 Å². The van der Waals surface area contributed by atoms with Gasteiger partial charge in [0.2, 0.25) is 5.91 Å². The van der Waals surface area contributed by atoms with Crippen LogP contribution in [0, 0.1) is 5.82 Å². The maximum absolute atomic E-state index is 12.9. The Morgan fingerprint density at radius 2 is 2.11 bits per heavy atom. The second kappa shape index (κ2) is 3.94. The number of carbonyl (C=O) groups excluding carboxylic acids is 1. The first-order chi connectivity index (χ1) is 8.63. The third-order valence-corrected chi connectivity index (χ3v) is 3.03. The molecule has 2 aromatic rings. The number of fused-ring (bicyclic) bond motifs is 1. The van der Waals surface area contributed by atoms with Crippen LogP contribution in [0.4, 0.5) is 4.39 Å². The first-order valence-electron chi connectivity index (χ1n) is 5.76. The summed E-state index contributed by atoms with van der Waals surface area (Å²) >= 11 is 0. The summed E-state index contributed by atoms with van der Waals surface area (Å²) in [6, 6.07) is 6.08. The number of nitrogens with zero attached hydrogens (tertiary/aromatic N) is 2. The molecule has 0 radical (unpaired) electrons. The molecule has 0 unspecified atom stereocenters. The minimum absolute atomic E-state index is 0.0157.